The van der Waals surface area contributed by atoms with Gasteiger partial charge in [0.2, 0.25) is 0 Å². The number of ether oxygens (including phenoxy) is 1. The number of hydrogen-bond donors (Lipinski definition) is 1. The average molecular weight is 432 g/mol. The second-order valence-corrected chi connectivity index (χ2v) is 7.85. The van der Waals surface area contributed by atoms with Gasteiger partial charge < -0.3 is 9.84 Å². The van der Waals surface area contributed by atoms with Gasteiger partial charge in [-0.25, -0.2) is 0 Å². The van der Waals surface area contributed by atoms with E-state index in [1.54, 1.807) is 29.9 Å². The van der Waals surface area contributed by atoms with E-state index in [0.29, 0.717) is 27.9 Å². The minimum Gasteiger partial charge on any atom is -0.507 e. The quantitative estimate of drug-likeness (QED) is 0.330. The molecule has 0 saturated heterocycles. The number of benzene rings is 3. The Morgan fingerprint density at radius 1 is 1.00 bits per heavy atom. The van der Waals surface area contributed by atoms with E-state index in [4.69, 9.17) is 4.74 Å². The van der Waals surface area contributed by atoms with Crippen molar-refractivity contribution in [1.29, 1.82) is 0 Å². The van der Waals surface area contributed by atoms with Crippen LogP contribution in [0.1, 0.15) is 15.9 Å². The number of phenolic OH excluding ortho intramolecular Hbond substituents is 1. The number of phenols is 1. The lowest BCUT2D eigenvalue weighted by Crippen LogP contribution is -2.06. The maximum atomic E-state index is 12.7. The van der Waals surface area contributed by atoms with Gasteiger partial charge in [0.1, 0.15) is 11.5 Å². The first kappa shape index (κ1) is 20.7. The van der Waals surface area contributed by atoms with Gasteiger partial charge in [-0.05, 0) is 31.2 Å². The summed E-state index contributed by atoms with van der Waals surface area (Å²) >= 11 is 1.29. The molecule has 31 heavy (non-hydrogen) atoms. The van der Waals surface area contributed by atoms with Crippen LogP contribution in [0.25, 0.3) is 17.1 Å². The Balaban J connectivity index is 1.73. The molecule has 0 bridgehead atoms. The number of hydrogen-bond acceptors (Lipinski definition) is 6. The van der Waals surface area contributed by atoms with Crippen molar-refractivity contribution in [2.75, 3.05) is 12.9 Å². The highest BCUT2D eigenvalue weighted by Crippen LogP contribution is 2.35. The lowest BCUT2D eigenvalue weighted by Gasteiger charge is -2.14. The number of aromatic nitrogens is 3. The van der Waals surface area contributed by atoms with Gasteiger partial charge in [0.25, 0.3) is 0 Å². The van der Waals surface area contributed by atoms with Gasteiger partial charge in [-0.15, -0.1) is 10.2 Å². The Labute approximate surface area is 184 Å². The van der Waals surface area contributed by atoms with E-state index in [9.17, 15) is 9.90 Å². The number of carbonyl (C=O) groups is 1. The molecule has 0 saturated carbocycles. The van der Waals surface area contributed by atoms with E-state index in [-0.39, 0.29) is 17.3 Å². The van der Waals surface area contributed by atoms with E-state index >= 15 is 0 Å². The number of carbonyl (C=O) groups excluding carboxylic acids is 1. The molecule has 4 rings (SSSR count). The van der Waals surface area contributed by atoms with Gasteiger partial charge >= 0.3 is 0 Å². The normalized spacial score (nSPS) is 10.8. The molecule has 0 spiro atoms. The number of aromatic hydroxyl groups is 1. The van der Waals surface area contributed by atoms with Crippen LogP contribution >= 0.6 is 11.8 Å². The van der Waals surface area contributed by atoms with Gasteiger partial charge in [-0.2, -0.15) is 0 Å². The Bertz CT molecular complexity index is 1220. The van der Waals surface area contributed by atoms with Crippen LogP contribution in [0.15, 0.2) is 78.0 Å². The summed E-state index contributed by atoms with van der Waals surface area (Å²) in [5.74, 6) is 1.40. The molecule has 0 aliphatic carbocycles. The monoisotopic (exact) mass is 431 g/mol. The molecule has 1 aromatic heterocycles. The molecule has 0 unspecified atom stereocenters. The molecule has 1 heterocycles. The summed E-state index contributed by atoms with van der Waals surface area (Å²) in [6.45, 7) is 1.99. The zero-order chi connectivity index (χ0) is 21.8. The van der Waals surface area contributed by atoms with Gasteiger partial charge in [0.05, 0.1) is 24.1 Å². The molecule has 0 aliphatic heterocycles. The van der Waals surface area contributed by atoms with Crippen LogP contribution in [0.3, 0.4) is 0 Å². The van der Waals surface area contributed by atoms with E-state index in [1.807, 2.05) is 61.5 Å². The molecule has 4 aromatic rings. The summed E-state index contributed by atoms with van der Waals surface area (Å²) in [5.41, 5.74) is 3.02. The smallest absolute Gasteiger partial charge is 0.196 e. The lowest BCUT2D eigenvalue weighted by atomic mass is 10.1. The SMILES string of the molecule is COc1ccccc1-n1c(SCC(=O)c2ccc(C)cc2)nnc1-c1ccccc1O. The van der Waals surface area contributed by atoms with Gasteiger partial charge in [0.15, 0.2) is 16.8 Å². The second kappa shape index (κ2) is 9.06. The van der Waals surface area contributed by atoms with Crippen LogP contribution in [0.2, 0.25) is 0 Å². The average Bonchev–Trinajstić information content (AvgIpc) is 3.21. The Hall–Kier alpha value is -3.58. The number of Topliss-reactive ketones (excluding diaryl/α,β-unsaturated/α-hetero) is 1. The van der Waals surface area contributed by atoms with Crippen molar-refractivity contribution >= 4 is 17.5 Å². The highest BCUT2D eigenvalue weighted by molar-refractivity contribution is 7.99. The third kappa shape index (κ3) is 4.32. The summed E-state index contributed by atoms with van der Waals surface area (Å²) in [4.78, 5) is 12.7. The van der Waals surface area contributed by atoms with Crippen LogP contribution in [-0.4, -0.2) is 38.5 Å². The first-order valence-corrected chi connectivity index (χ1v) is 10.7. The van der Waals surface area contributed by atoms with Crippen molar-refractivity contribution in [3.05, 3.63) is 83.9 Å². The first-order chi connectivity index (χ1) is 15.1. The van der Waals surface area contributed by atoms with Crippen LogP contribution in [0, 0.1) is 6.92 Å². The molecule has 0 atom stereocenters. The number of ketones is 1. The van der Waals surface area contributed by atoms with E-state index in [0.717, 1.165) is 11.3 Å². The number of aryl methyl sites for hydroxylation is 1. The molecule has 0 amide bonds. The minimum atomic E-state index is 0.00341. The van der Waals surface area contributed by atoms with Crippen LogP contribution < -0.4 is 4.74 Å². The van der Waals surface area contributed by atoms with Crippen molar-refractivity contribution in [1.82, 2.24) is 14.8 Å². The van der Waals surface area contributed by atoms with E-state index in [2.05, 4.69) is 10.2 Å². The summed E-state index contributed by atoms with van der Waals surface area (Å²) in [7, 11) is 1.59. The Kier molecular flexibility index (Phi) is 6.04. The third-order valence-corrected chi connectivity index (χ3v) is 5.74. The van der Waals surface area contributed by atoms with Gasteiger partial charge in [-0.1, -0.05) is 65.9 Å². The zero-order valence-corrected chi connectivity index (χ0v) is 18.0. The minimum absolute atomic E-state index is 0.00341. The van der Waals surface area contributed by atoms with Crippen LogP contribution in [0.4, 0.5) is 0 Å². The molecule has 7 heteroatoms. The van der Waals surface area contributed by atoms with Crippen molar-refractivity contribution in [2.45, 2.75) is 12.1 Å². The predicted molar refractivity (Wildman–Crippen MR) is 121 cm³/mol. The number of para-hydroxylation sites is 3. The van der Waals surface area contributed by atoms with Crippen molar-refractivity contribution < 1.29 is 14.6 Å². The molecule has 0 fully saturated rings. The summed E-state index contributed by atoms with van der Waals surface area (Å²) < 4.78 is 7.34. The predicted octanol–water partition coefficient (Wildman–Crippen LogP) is 4.93. The topological polar surface area (TPSA) is 77.2 Å². The zero-order valence-electron chi connectivity index (χ0n) is 17.1. The molecule has 1 N–H and O–H groups in total. The molecule has 3 aromatic carbocycles. The van der Waals surface area contributed by atoms with E-state index < -0.39 is 0 Å². The van der Waals surface area contributed by atoms with Gasteiger partial charge in [0, 0.05) is 5.56 Å². The molecule has 0 radical (unpaired) electrons. The Morgan fingerprint density at radius 3 is 2.45 bits per heavy atom. The number of methoxy groups -OCH3 is 1. The molecule has 156 valence electrons. The molecular formula is C24H21N3O3S. The maximum Gasteiger partial charge on any atom is 0.196 e. The number of nitrogens with zero attached hydrogens (tertiary/aromatic N) is 3. The molecular weight excluding hydrogens is 410 g/mol. The highest BCUT2D eigenvalue weighted by atomic mass is 32.2. The Morgan fingerprint density at radius 2 is 1.71 bits per heavy atom. The fourth-order valence-electron chi connectivity index (χ4n) is 3.19. The summed E-state index contributed by atoms with van der Waals surface area (Å²) in [5, 5.41) is 19.6. The fourth-order valence-corrected chi connectivity index (χ4v) is 4.02. The van der Waals surface area contributed by atoms with Crippen molar-refractivity contribution in [2.24, 2.45) is 0 Å². The number of thioether (sulfide) groups is 1. The van der Waals surface area contributed by atoms with Crippen molar-refractivity contribution in [3.8, 4) is 28.6 Å². The first-order valence-electron chi connectivity index (χ1n) is 9.68. The van der Waals surface area contributed by atoms with Crippen molar-refractivity contribution in [3.63, 3.8) is 0 Å². The lowest BCUT2D eigenvalue weighted by molar-refractivity contribution is 0.102. The molecule has 6 nitrogen and oxygen atoms in total. The standard InChI is InChI=1S/C24H21N3O3S/c1-16-11-13-17(14-12-16)21(29)15-31-24-26-25-23(18-7-3-5-9-20(18)28)27(24)19-8-4-6-10-22(19)30-2/h3-14,28H,15H2,1-2H3. The summed E-state index contributed by atoms with van der Waals surface area (Å²) in [6, 6.07) is 21.9. The fraction of sp³-hybridized carbons (Fsp3) is 0.125. The highest BCUT2D eigenvalue weighted by Gasteiger charge is 2.21. The third-order valence-electron chi connectivity index (χ3n) is 4.81. The van der Waals surface area contributed by atoms with E-state index in [1.165, 1.54) is 11.8 Å². The maximum absolute atomic E-state index is 12.7. The molecule has 0 aliphatic rings. The van der Waals surface area contributed by atoms with Crippen LogP contribution in [-0.2, 0) is 0 Å². The second-order valence-electron chi connectivity index (χ2n) is 6.91. The number of rotatable bonds is 7. The van der Waals surface area contributed by atoms with Gasteiger partial charge in [-0.3, -0.25) is 9.36 Å². The summed E-state index contributed by atoms with van der Waals surface area (Å²) in [6.07, 6.45) is 0. The largest absolute Gasteiger partial charge is 0.507 e. The van der Waals surface area contributed by atoms with Crippen LogP contribution in [0.5, 0.6) is 11.5 Å².